The van der Waals surface area contributed by atoms with Crippen molar-refractivity contribution in [3.05, 3.63) is 237 Å². The highest BCUT2D eigenvalue weighted by Gasteiger charge is 2.15. The summed E-state index contributed by atoms with van der Waals surface area (Å²) in [4.78, 5) is 2.36. The molecule has 0 aliphatic carbocycles. The van der Waals surface area contributed by atoms with Gasteiger partial charge in [0, 0.05) is 17.1 Å². The van der Waals surface area contributed by atoms with Gasteiger partial charge in [0.15, 0.2) is 0 Å². The summed E-state index contributed by atoms with van der Waals surface area (Å²) in [7, 11) is 0. The fourth-order valence-corrected chi connectivity index (χ4v) is 7.38. The van der Waals surface area contributed by atoms with E-state index in [4.69, 9.17) is 0 Å². The van der Waals surface area contributed by atoms with Gasteiger partial charge in [0.05, 0.1) is 0 Å². The summed E-state index contributed by atoms with van der Waals surface area (Å²) in [6.45, 7) is 0. The van der Waals surface area contributed by atoms with Gasteiger partial charge in [-0.2, -0.15) is 0 Å². The number of rotatable bonds is 9. The van der Waals surface area contributed by atoms with E-state index in [0.717, 1.165) is 17.1 Å². The number of benzene rings is 9. The lowest BCUT2D eigenvalue weighted by Gasteiger charge is -2.26. The number of anilines is 3. The van der Waals surface area contributed by atoms with Crippen LogP contribution in [0.3, 0.4) is 0 Å². The second-order valence-electron chi connectivity index (χ2n) is 13.8. The third kappa shape index (κ3) is 7.38. The van der Waals surface area contributed by atoms with E-state index in [0.29, 0.717) is 0 Å². The molecule has 9 aromatic carbocycles. The minimum absolute atomic E-state index is 1.10. The van der Waals surface area contributed by atoms with Gasteiger partial charge < -0.3 is 4.90 Å². The summed E-state index contributed by atoms with van der Waals surface area (Å²) in [5.74, 6) is 0. The molecule has 0 saturated heterocycles. The molecule has 0 aromatic heterocycles. The normalized spacial score (nSPS) is 10.9. The topological polar surface area (TPSA) is 3.24 Å². The standard InChI is InChI=1S/C54H39N/c1-4-13-40(14-5-1)43-25-27-44(28-26-43)45-29-33-52(34-30-45)55(53-35-31-46(32-36-53)49-21-10-19-47(37-49)41-15-6-2-7-16-41)54-24-12-23-51(39-54)50-22-11-20-48(38-50)42-17-8-3-9-18-42/h1-39H. The van der Waals surface area contributed by atoms with Gasteiger partial charge in [0.1, 0.15) is 0 Å². The quantitative estimate of drug-likeness (QED) is 0.145. The minimum Gasteiger partial charge on any atom is -0.310 e. The zero-order valence-corrected chi connectivity index (χ0v) is 30.5. The molecule has 9 aromatic rings. The highest BCUT2D eigenvalue weighted by atomic mass is 15.1. The molecule has 55 heavy (non-hydrogen) atoms. The Balaban J connectivity index is 1.07. The lowest BCUT2D eigenvalue weighted by atomic mass is 9.98. The Hall–Kier alpha value is -7.22. The molecule has 1 nitrogen and oxygen atoms in total. The first kappa shape index (κ1) is 33.6. The van der Waals surface area contributed by atoms with Crippen LogP contribution in [0.4, 0.5) is 17.1 Å². The molecule has 0 aliphatic heterocycles. The second kappa shape index (κ2) is 15.4. The van der Waals surface area contributed by atoms with E-state index in [-0.39, 0.29) is 0 Å². The smallest absolute Gasteiger partial charge is 0.0467 e. The number of hydrogen-bond donors (Lipinski definition) is 0. The van der Waals surface area contributed by atoms with Crippen LogP contribution in [0, 0.1) is 0 Å². The maximum atomic E-state index is 2.36. The minimum atomic E-state index is 1.10. The van der Waals surface area contributed by atoms with Gasteiger partial charge in [0.25, 0.3) is 0 Å². The molecule has 0 N–H and O–H groups in total. The van der Waals surface area contributed by atoms with Gasteiger partial charge >= 0.3 is 0 Å². The van der Waals surface area contributed by atoms with Gasteiger partial charge in [-0.3, -0.25) is 0 Å². The molecule has 0 heterocycles. The van der Waals surface area contributed by atoms with Crippen molar-refractivity contribution in [3.63, 3.8) is 0 Å². The summed E-state index contributed by atoms with van der Waals surface area (Å²) < 4.78 is 0. The molecular formula is C54H39N. The van der Waals surface area contributed by atoms with Crippen molar-refractivity contribution in [2.75, 3.05) is 4.90 Å². The van der Waals surface area contributed by atoms with E-state index in [1.54, 1.807) is 0 Å². The number of hydrogen-bond acceptors (Lipinski definition) is 1. The van der Waals surface area contributed by atoms with E-state index in [9.17, 15) is 0 Å². The molecule has 0 saturated carbocycles. The molecule has 0 radical (unpaired) electrons. The fourth-order valence-electron chi connectivity index (χ4n) is 7.38. The van der Waals surface area contributed by atoms with Gasteiger partial charge in [-0.15, -0.1) is 0 Å². The van der Waals surface area contributed by atoms with Crippen molar-refractivity contribution in [1.82, 2.24) is 0 Å². The van der Waals surface area contributed by atoms with Crippen LogP contribution >= 0.6 is 0 Å². The monoisotopic (exact) mass is 701 g/mol. The molecule has 0 spiro atoms. The molecule has 0 unspecified atom stereocenters. The lowest BCUT2D eigenvalue weighted by molar-refractivity contribution is 1.28. The van der Waals surface area contributed by atoms with Gasteiger partial charge in [0.2, 0.25) is 0 Å². The zero-order valence-electron chi connectivity index (χ0n) is 30.5. The Labute approximate surface area is 324 Å². The van der Waals surface area contributed by atoms with Crippen LogP contribution in [0.25, 0.3) is 66.8 Å². The van der Waals surface area contributed by atoms with Crippen molar-refractivity contribution in [3.8, 4) is 66.8 Å². The zero-order chi connectivity index (χ0) is 36.8. The molecule has 260 valence electrons. The maximum Gasteiger partial charge on any atom is 0.0467 e. The van der Waals surface area contributed by atoms with Crippen molar-refractivity contribution in [1.29, 1.82) is 0 Å². The van der Waals surface area contributed by atoms with Crippen LogP contribution in [0.1, 0.15) is 0 Å². The molecule has 1 heteroatoms. The van der Waals surface area contributed by atoms with Gasteiger partial charge in [-0.05, 0) is 115 Å². The van der Waals surface area contributed by atoms with E-state index >= 15 is 0 Å². The summed E-state index contributed by atoms with van der Waals surface area (Å²) in [5.41, 5.74) is 17.7. The largest absolute Gasteiger partial charge is 0.310 e. The highest BCUT2D eigenvalue weighted by Crippen LogP contribution is 2.39. The SMILES string of the molecule is c1ccc(-c2ccc(-c3ccc(N(c4ccc(-c5cccc(-c6ccccc6)c5)cc4)c4cccc(-c5cccc(-c6ccccc6)c5)c4)cc3)cc2)cc1. The predicted octanol–water partition coefficient (Wildman–Crippen LogP) is 15.2. The van der Waals surface area contributed by atoms with Crippen LogP contribution in [0.5, 0.6) is 0 Å². The summed E-state index contributed by atoms with van der Waals surface area (Å²) in [5, 5.41) is 0. The van der Waals surface area contributed by atoms with E-state index in [2.05, 4.69) is 241 Å². The van der Waals surface area contributed by atoms with Crippen molar-refractivity contribution < 1.29 is 0 Å². The third-order valence-electron chi connectivity index (χ3n) is 10.3. The first-order valence-electron chi connectivity index (χ1n) is 18.8. The van der Waals surface area contributed by atoms with Crippen LogP contribution in [-0.2, 0) is 0 Å². The van der Waals surface area contributed by atoms with E-state index in [1.807, 2.05) is 0 Å². The molecule has 0 amide bonds. The third-order valence-corrected chi connectivity index (χ3v) is 10.3. The van der Waals surface area contributed by atoms with Crippen molar-refractivity contribution in [2.45, 2.75) is 0 Å². The average Bonchev–Trinajstić information content (AvgIpc) is 3.28. The molecular weight excluding hydrogens is 663 g/mol. The summed E-state index contributed by atoms with van der Waals surface area (Å²) in [6, 6.07) is 84.9. The molecule has 0 bridgehead atoms. The molecule has 0 atom stereocenters. The second-order valence-corrected chi connectivity index (χ2v) is 13.8. The first-order chi connectivity index (χ1) is 27.2. The first-order valence-corrected chi connectivity index (χ1v) is 18.8. The lowest BCUT2D eigenvalue weighted by Crippen LogP contribution is -2.10. The summed E-state index contributed by atoms with van der Waals surface area (Å²) >= 11 is 0. The summed E-state index contributed by atoms with van der Waals surface area (Å²) in [6.07, 6.45) is 0. The van der Waals surface area contributed by atoms with Crippen LogP contribution < -0.4 is 4.90 Å². The van der Waals surface area contributed by atoms with E-state index < -0.39 is 0 Å². The average molecular weight is 702 g/mol. The number of nitrogens with zero attached hydrogens (tertiary/aromatic N) is 1. The molecule has 0 aliphatic rings. The Morgan fingerprint density at radius 1 is 0.164 bits per heavy atom. The maximum absolute atomic E-state index is 2.36. The molecule has 9 rings (SSSR count). The van der Waals surface area contributed by atoms with Crippen LogP contribution in [-0.4, -0.2) is 0 Å². The van der Waals surface area contributed by atoms with Crippen molar-refractivity contribution in [2.24, 2.45) is 0 Å². The Kier molecular flexibility index (Phi) is 9.41. The molecule has 0 fully saturated rings. The van der Waals surface area contributed by atoms with Gasteiger partial charge in [-0.1, -0.05) is 188 Å². The Morgan fingerprint density at radius 2 is 0.418 bits per heavy atom. The Bertz CT molecular complexity index is 2640. The highest BCUT2D eigenvalue weighted by molar-refractivity contribution is 5.84. The van der Waals surface area contributed by atoms with Gasteiger partial charge in [-0.25, -0.2) is 0 Å². The van der Waals surface area contributed by atoms with Crippen LogP contribution in [0.2, 0.25) is 0 Å². The van der Waals surface area contributed by atoms with E-state index in [1.165, 1.54) is 66.8 Å². The predicted molar refractivity (Wildman–Crippen MR) is 234 cm³/mol. The van der Waals surface area contributed by atoms with Crippen molar-refractivity contribution >= 4 is 17.1 Å². The fraction of sp³-hybridized carbons (Fsp3) is 0. The van der Waals surface area contributed by atoms with Crippen LogP contribution in [0.15, 0.2) is 237 Å². The Morgan fingerprint density at radius 3 is 0.818 bits per heavy atom.